The summed E-state index contributed by atoms with van der Waals surface area (Å²) >= 11 is 0. The van der Waals surface area contributed by atoms with Crippen molar-refractivity contribution in [1.29, 1.82) is 0 Å². The van der Waals surface area contributed by atoms with Crippen molar-refractivity contribution in [1.82, 2.24) is 15.0 Å². The van der Waals surface area contributed by atoms with Crippen molar-refractivity contribution in [2.24, 2.45) is 5.92 Å². The van der Waals surface area contributed by atoms with E-state index in [4.69, 9.17) is 14.0 Å². The number of urea groups is 2. The number of hydrogen-bond donors (Lipinski definition) is 4. The smallest absolute Gasteiger partial charge is 0.323 e. The van der Waals surface area contributed by atoms with Gasteiger partial charge >= 0.3 is 12.1 Å². The molecule has 0 fully saturated rings. The van der Waals surface area contributed by atoms with Crippen molar-refractivity contribution in [2.45, 2.75) is 72.1 Å². The van der Waals surface area contributed by atoms with Crippen LogP contribution in [0.3, 0.4) is 0 Å². The van der Waals surface area contributed by atoms with Crippen molar-refractivity contribution in [3.05, 3.63) is 65.5 Å². The van der Waals surface area contributed by atoms with E-state index in [1.807, 2.05) is 44.2 Å². The van der Waals surface area contributed by atoms with Crippen LogP contribution in [0.2, 0.25) is 0 Å². The molecule has 3 aromatic rings. The number of aliphatic hydroxyl groups is 1. The van der Waals surface area contributed by atoms with Crippen LogP contribution in [0.1, 0.15) is 61.8 Å². The predicted octanol–water partition coefficient (Wildman–Crippen LogP) is 5.89. The minimum atomic E-state index is -0.544. The lowest BCUT2D eigenvalue weighted by molar-refractivity contribution is -0.0115. The van der Waals surface area contributed by atoms with Gasteiger partial charge in [-0.15, -0.1) is 0 Å². The highest BCUT2D eigenvalue weighted by Gasteiger charge is 2.31. The number of aromatic nitrogens is 1. The highest BCUT2D eigenvalue weighted by molar-refractivity contribution is 6.03. The highest BCUT2D eigenvalue weighted by Crippen LogP contribution is 2.29. The molecule has 2 heterocycles. The number of likely N-dealkylation sites (N-methyl/N-ethyl adjacent to an activating group) is 1. The molecule has 1 aromatic heterocycles. The molecular formula is C35H48N6O7. The second-order valence-electron chi connectivity index (χ2n) is 12.5. The monoisotopic (exact) mass is 664 g/mol. The fourth-order valence-electron chi connectivity index (χ4n) is 5.49. The number of aryl methyl sites for hydroxylation is 2. The van der Waals surface area contributed by atoms with Gasteiger partial charge in [0, 0.05) is 44.0 Å². The Morgan fingerprint density at radius 1 is 1.06 bits per heavy atom. The van der Waals surface area contributed by atoms with Crippen molar-refractivity contribution in [3.63, 3.8) is 0 Å². The molecule has 0 aliphatic carbocycles. The van der Waals surface area contributed by atoms with Gasteiger partial charge in [-0.05, 0) is 77.3 Å². The Bertz CT molecular complexity index is 1510. The van der Waals surface area contributed by atoms with E-state index in [2.05, 4.69) is 21.1 Å². The molecule has 5 amide bonds. The molecule has 4 rings (SSSR count). The van der Waals surface area contributed by atoms with Gasteiger partial charge in [0.15, 0.2) is 5.76 Å². The second kappa shape index (κ2) is 17.0. The van der Waals surface area contributed by atoms with E-state index in [-0.39, 0.29) is 42.7 Å². The number of nitrogens with zero attached hydrogens (tertiary/aromatic N) is 3. The largest absolute Gasteiger partial charge is 0.490 e. The van der Waals surface area contributed by atoms with E-state index >= 15 is 0 Å². The summed E-state index contributed by atoms with van der Waals surface area (Å²) in [7, 11) is 1.71. The summed E-state index contributed by atoms with van der Waals surface area (Å²) in [5.74, 6) is 0.265. The number of fused-ring (bicyclic) bond motifs is 1. The van der Waals surface area contributed by atoms with E-state index in [9.17, 15) is 19.5 Å². The molecule has 4 N–H and O–H groups in total. The first-order valence-corrected chi connectivity index (χ1v) is 16.4. The molecule has 13 heteroatoms. The Morgan fingerprint density at radius 2 is 1.81 bits per heavy atom. The number of hydrogen-bond acceptors (Lipinski definition) is 8. The van der Waals surface area contributed by atoms with Gasteiger partial charge in [0.25, 0.3) is 5.91 Å². The van der Waals surface area contributed by atoms with Crippen LogP contribution in [-0.2, 0) is 4.74 Å². The fourth-order valence-corrected chi connectivity index (χ4v) is 5.49. The zero-order chi connectivity index (χ0) is 34.8. The second-order valence-corrected chi connectivity index (χ2v) is 12.5. The number of anilines is 3. The van der Waals surface area contributed by atoms with Crippen LogP contribution < -0.4 is 20.7 Å². The summed E-state index contributed by atoms with van der Waals surface area (Å²) < 4.78 is 17.8. The van der Waals surface area contributed by atoms with Gasteiger partial charge in [-0.3, -0.25) is 4.79 Å². The molecule has 0 spiro atoms. The summed E-state index contributed by atoms with van der Waals surface area (Å²) in [6.45, 7) is 9.85. The summed E-state index contributed by atoms with van der Waals surface area (Å²) in [5.41, 5.74) is 2.32. The van der Waals surface area contributed by atoms with Gasteiger partial charge in [0.2, 0.25) is 0 Å². The summed E-state index contributed by atoms with van der Waals surface area (Å²) in [6, 6.07) is 12.8. The third-order valence-electron chi connectivity index (χ3n) is 8.41. The third-order valence-corrected chi connectivity index (χ3v) is 8.41. The van der Waals surface area contributed by atoms with E-state index in [0.717, 1.165) is 19.3 Å². The molecule has 1 aliphatic rings. The van der Waals surface area contributed by atoms with E-state index in [0.29, 0.717) is 47.4 Å². The first-order chi connectivity index (χ1) is 23.0. The van der Waals surface area contributed by atoms with Crippen LogP contribution in [0.5, 0.6) is 5.75 Å². The summed E-state index contributed by atoms with van der Waals surface area (Å²) in [5, 5.41) is 22.5. The SMILES string of the molecule is Cc1noc(C)c1NC(=O)Nc1ccc2c(c1)C(=O)N([C@@H](C)CO)C[C@@H](C)[C@H](CN(C)C(=O)Nc1ccccc1)OCCCC[C@H](C)O2. The van der Waals surface area contributed by atoms with Gasteiger partial charge in [0.1, 0.15) is 17.1 Å². The molecule has 0 saturated carbocycles. The number of carbonyl (C=O) groups excluding carboxylic acids is 3. The first kappa shape index (κ1) is 36.2. The third kappa shape index (κ3) is 9.71. The zero-order valence-electron chi connectivity index (χ0n) is 28.6. The van der Waals surface area contributed by atoms with Gasteiger partial charge in [-0.1, -0.05) is 30.3 Å². The van der Waals surface area contributed by atoms with Crippen molar-refractivity contribution < 1.29 is 33.5 Å². The average Bonchev–Trinajstić information content (AvgIpc) is 3.38. The Kier molecular flexibility index (Phi) is 12.8. The maximum Gasteiger partial charge on any atom is 0.323 e. The molecule has 0 unspecified atom stereocenters. The lowest BCUT2D eigenvalue weighted by atomic mass is 10.0. The van der Waals surface area contributed by atoms with Crippen LogP contribution in [0, 0.1) is 19.8 Å². The minimum absolute atomic E-state index is 0.201. The molecule has 2 aromatic carbocycles. The molecule has 0 bridgehead atoms. The fraction of sp³-hybridized carbons (Fsp3) is 0.486. The number of amides is 5. The number of benzene rings is 2. The molecule has 0 radical (unpaired) electrons. The Labute approximate surface area is 281 Å². The van der Waals surface area contributed by atoms with Crippen LogP contribution >= 0.6 is 0 Å². The number of rotatable bonds is 7. The molecule has 0 saturated heterocycles. The predicted molar refractivity (Wildman–Crippen MR) is 184 cm³/mol. The molecular weight excluding hydrogens is 616 g/mol. The van der Waals surface area contributed by atoms with Crippen LogP contribution in [0.15, 0.2) is 53.1 Å². The lowest BCUT2D eigenvalue weighted by Crippen LogP contribution is -2.48. The van der Waals surface area contributed by atoms with Crippen LogP contribution in [0.4, 0.5) is 26.7 Å². The Morgan fingerprint density at radius 3 is 2.50 bits per heavy atom. The normalized spacial score (nSPS) is 19.7. The van der Waals surface area contributed by atoms with Crippen molar-refractivity contribution in [3.8, 4) is 5.75 Å². The maximum atomic E-state index is 14.4. The van der Waals surface area contributed by atoms with Gasteiger partial charge in [-0.25, -0.2) is 9.59 Å². The summed E-state index contributed by atoms with van der Waals surface area (Å²) in [4.78, 5) is 43.5. The van der Waals surface area contributed by atoms with Crippen molar-refractivity contribution in [2.75, 3.05) is 49.3 Å². The van der Waals surface area contributed by atoms with Crippen LogP contribution in [0.25, 0.3) is 0 Å². The molecule has 1 aliphatic heterocycles. The molecule has 4 atom stereocenters. The number of nitrogens with one attached hydrogen (secondary N) is 3. The number of para-hydroxylation sites is 1. The molecule has 48 heavy (non-hydrogen) atoms. The van der Waals surface area contributed by atoms with E-state index < -0.39 is 18.2 Å². The van der Waals surface area contributed by atoms with Gasteiger partial charge < -0.3 is 44.9 Å². The van der Waals surface area contributed by atoms with E-state index in [1.54, 1.807) is 55.8 Å². The highest BCUT2D eigenvalue weighted by atomic mass is 16.5. The number of carbonyl (C=O) groups is 3. The standard InChI is InChI=1S/C35H48N6O7/c1-22-19-41(23(2)21-42)33(43)29-18-28(36-34(44)38-32-25(4)39-48-26(32)5)15-16-30(29)47-24(3)12-10-11-17-46-31(22)20-40(6)35(45)37-27-13-8-7-9-14-27/h7-9,13-16,18,22-24,31,42H,10-12,17,19-21H2,1-6H3,(H,37,45)(H2,36,38,44)/t22-,23+,24+,31+/m1/s1. The Hall–Kier alpha value is -4.62. The van der Waals surface area contributed by atoms with Gasteiger partial charge in [-0.2, -0.15) is 0 Å². The van der Waals surface area contributed by atoms with Crippen LogP contribution in [-0.4, -0.2) is 89.6 Å². The average molecular weight is 665 g/mol. The quantitative estimate of drug-likeness (QED) is 0.243. The summed E-state index contributed by atoms with van der Waals surface area (Å²) in [6.07, 6.45) is 1.77. The van der Waals surface area contributed by atoms with Crippen molar-refractivity contribution >= 4 is 35.0 Å². The zero-order valence-corrected chi connectivity index (χ0v) is 28.6. The first-order valence-electron chi connectivity index (χ1n) is 16.4. The minimum Gasteiger partial charge on any atom is -0.490 e. The van der Waals surface area contributed by atoms with E-state index in [1.165, 1.54) is 0 Å². The topological polar surface area (TPSA) is 158 Å². The molecule has 13 nitrogen and oxygen atoms in total. The number of ether oxygens (including phenoxy) is 2. The number of aliphatic hydroxyl groups excluding tert-OH is 1. The van der Waals surface area contributed by atoms with Gasteiger partial charge in [0.05, 0.1) is 30.4 Å². The maximum absolute atomic E-state index is 14.4. The lowest BCUT2D eigenvalue weighted by Gasteiger charge is -2.35. The Balaban J connectivity index is 1.59. The molecule has 260 valence electrons.